The number of rotatable bonds is 6. The molecule has 0 spiro atoms. The lowest BCUT2D eigenvalue weighted by Gasteiger charge is -2.19. The number of likely N-dealkylation sites (N-methyl/N-ethyl adjacent to an activating group) is 2. The molecule has 0 atom stereocenters. The van der Waals surface area contributed by atoms with Gasteiger partial charge in [-0.05, 0) is 18.6 Å². The van der Waals surface area contributed by atoms with Crippen molar-refractivity contribution in [3.8, 4) is 0 Å². The van der Waals surface area contributed by atoms with Gasteiger partial charge in [0.05, 0.1) is 12.1 Å². The number of fused-ring (bicyclic) bond motifs is 1. The van der Waals surface area contributed by atoms with E-state index in [1.807, 2.05) is 36.2 Å². The standard InChI is InChI=1S/C15H21N5O/c1-4-9-17-15-18-12-8-6-5-7-11(12)14(19-15)20(3)10-13(21)16-2/h5-8H,4,9-10H2,1-3H3,(H,16,21)(H,17,18,19). The molecule has 0 saturated heterocycles. The molecule has 6 heteroatoms. The van der Waals surface area contributed by atoms with Crippen LogP contribution in [0.15, 0.2) is 24.3 Å². The number of amides is 1. The second-order valence-electron chi connectivity index (χ2n) is 4.84. The molecule has 1 aromatic carbocycles. The Kier molecular flexibility index (Phi) is 4.92. The summed E-state index contributed by atoms with van der Waals surface area (Å²) < 4.78 is 0. The van der Waals surface area contributed by atoms with E-state index >= 15 is 0 Å². The molecule has 0 unspecified atom stereocenters. The monoisotopic (exact) mass is 287 g/mol. The van der Waals surface area contributed by atoms with E-state index in [9.17, 15) is 4.79 Å². The van der Waals surface area contributed by atoms with Crippen LogP contribution in [0.5, 0.6) is 0 Å². The van der Waals surface area contributed by atoms with Crippen LogP contribution in [0.4, 0.5) is 11.8 Å². The Labute approximate surface area is 124 Å². The zero-order valence-corrected chi connectivity index (χ0v) is 12.7. The summed E-state index contributed by atoms with van der Waals surface area (Å²) in [6.07, 6.45) is 1.000. The highest BCUT2D eigenvalue weighted by Crippen LogP contribution is 2.24. The lowest BCUT2D eigenvalue weighted by atomic mass is 10.2. The summed E-state index contributed by atoms with van der Waals surface area (Å²) >= 11 is 0. The van der Waals surface area contributed by atoms with Gasteiger partial charge in [-0.3, -0.25) is 4.79 Å². The van der Waals surface area contributed by atoms with E-state index in [0.717, 1.165) is 29.7 Å². The maximum absolute atomic E-state index is 11.6. The maximum Gasteiger partial charge on any atom is 0.239 e. The number of nitrogens with zero attached hydrogens (tertiary/aromatic N) is 3. The van der Waals surface area contributed by atoms with Crippen LogP contribution in [0, 0.1) is 0 Å². The first-order valence-electron chi connectivity index (χ1n) is 7.08. The summed E-state index contributed by atoms with van der Waals surface area (Å²) in [4.78, 5) is 22.5. The molecular weight excluding hydrogens is 266 g/mol. The highest BCUT2D eigenvalue weighted by atomic mass is 16.1. The third-order valence-corrected chi connectivity index (χ3v) is 3.14. The molecule has 1 heterocycles. The van der Waals surface area contributed by atoms with Gasteiger partial charge < -0.3 is 15.5 Å². The van der Waals surface area contributed by atoms with Crippen LogP contribution < -0.4 is 15.5 Å². The number of hydrogen-bond acceptors (Lipinski definition) is 5. The van der Waals surface area contributed by atoms with Gasteiger partial charge in [-0.25, -0.2) is 4.98 Å². The average Bonchev–Trinajstić information content (AvgIpc) is 2.51. The van der Waals surface area contributed by atoms with E-state index in [-0.39, 0.29) is 12.5 Å². The number of carbonyl (C=O) groups is 1. The molecule has 0 radical (unpaired) electrons. The van der Waals surface area contributed by atoms with Crippen molar-refractivity contribution < 1.29 is 4.79 Å². The van der Waals surface area contributed by atoms with Crippen LogP contribution >= 0.6 is 0 Å². The van der Waals surface area contributed by atoms with E-state index in [0.29, 0.717) is 5.95 Å². The van der Waals surface area contributed by atoms with Crippen molar-refractivity contribution in [1.82, 2.24) is 15.3 Å². The van der Waals surface area contributed by atoms with Gasteiger partial charge in [0.2, 0.25) is 11.9 Å². The van der Waals surface area contributed by atoms with Gasteiger partial charge in [-0.1, -0.05) is 19.1 Å². The molecule has 0 aliphatic rings. The number of carbonyl (C=O) groups excluding carboxylic acids is 1. The second kappa shape index (κ2) is 6.88. The SMILES string of the molecule is CCCNc1nc(N(C)CC(=O)NC)c2ccccc2n1. The normalized spacial score (nSPS) is 10.4. The molecule has 6 nitrogen and oxygen atoms in total. The fraction of sp³-hybridized carbons (Fsp3) is 0.400. The molecule has 2 aromatic rings. The van der Waals surface area contributed by atoms with Crippen molar-refractivity contribution in [3.63, 3.8) is 0 Å². The van der Waals surface area contributed by atoms with E-state index in [2.05, 4.69) is 27.5 Å². The lowest BCUT2D eigenvalue weighted by molar-refractivity contribution is -0.119. The summed E-state index contributed by atoms with van der Waals surface area (Å²) in [5.41, 5.74) is 0.866. The Bertz CT molecular complexity index is 628. The Morgan fingerprint density at radius 3 is 2.76 bits per heavy atom. The number of benzene rings is 1. The second-order valence-corrected chi connectivity index (χ2v) is 4.84. The molecule has 1 aromatic heterocycles. The smallest absolute Gasteiger partial charge is 0.239 e. The zero-order chi connectivity index (χ0) is 15.2. The van der Waals surface area contributed by atoms with Gasteiger partial charge in [0.25, 0.3) is 0 Å². The van der Waals surface area contributed by atoms with Crippen LogP contribution in [0.3, 0.4) is 0 Å². The summed E-state index contributed by atoms with van der Waals surface area (Å²) in [5.74, 6) is 1.29. The molecule has 1 amide bonds. The number of nitrogens with one attached hydrogen (secondary N) is 2. The fourth-order valence-corrected chi connectivity index (χ4v) is 2.04. The Morgan fingerprint density at radius 2 is 2.05 bits per heavy atom. The van der Waals surface area contributed by atoms with Crippen molar-refractivity contribution in [1.29, 1.82) is 0 Å². The fourth-order valence-electron chi connectivity index (χ4n) is 2.04. The van der Waals surface area contributed by atoms with Gasteiger partial charge in [-0.2, -0.15) is 4.98 Å². The lowest BCUT2D eigenvalue weighted by Crippen LogP contribution is -2.33. The van der Waals surface area contributed by atoms with Crippen molar-refractivity contribution >= 4 is 28.6 Å². The molecular formula is C15H21N5O. The predicted molar refractivity (Wildman–Crippen MR) is 85.7 cm³/mol. The summed E-state index contributed by atoms with van der Waals surface area (Å²) in [6.45, 7) is 3.16. The van der Waals surface area contributed by atoms with Gasteiger partial charge in [0, 0.05) is 26.0 Å². The van der Waals surface area contributed by atoms with Gasteiger partial charge in [0.1, 0.15) is 5.82 Å². The zero-order valence-electron chi connectivity index (χ0n) is 12.7. The van der Waals surface area contributed by atoms with Crippen LogP contribution in [-0.4, -0.2) is 43.1 Å². The number of anilines is 2. The van der Waals surface area contributed by atoms with Crippen molar-refractivity contribution in [2.45, 2.75) is 13.3 Å². The van der Waals surface area contributed by atoms with Crippen molar-refractivity contribution in [3.05, 3.63) is 24.3 Å². The van der Waals surface area contributed by atoms with E-state index < -0.39 is 0 Å². The Morgan fingerprint density at radius 1 is 1.29 bits per heavy atom. The molecule has 2 rings (SSSR count). The molecule has 0 aliphatic heterocycles. The van der Waals surface area contributed by atoms with Crippen LogP contribution in [-0.2, 0) is 4.79 Å². The van der Waals surface area contributed by atoms with Gasteiger partial charge >= 0.3 is 0 Å². The first kappa shape index (κ1) is 15.0. The molecule has 0 saturated carbocycles. The third-order valence-electron chi connectivity index (χ3n) is 3.14. The van der Waals surface area contributed by atoms with Crippen molar-refractivity contribution in [2.75, 3.05) is 37.4 Å². The molecule has 2 N–H and O–H groups in total. The topological polar surface area (TPSA) is 70.2 Å². The molecule has 21 heavy (non-hydrogen) atoms. The Hall–Kier alpha value is -2.37. The van der Waals surface area contributed by atoms with Crippen molar-refractivity contribution in [2.24, 2.45) is 0 Å². The van der Waals surface area contributed by atoms with E-state index in [1.165, 1.54) is 0 Å². The van der Waals surface area contributed by atoms with Gasteiger partial charge in [-0.15, -0.1) is 0 Å². The van der Waals surface area contributed by atoms with Crippen LogP contribution in [0.1, 0.15) is 13.3 Å². The molecule has 0 aliphatic carbocycles. The highest BCUT2D eigenvalue weighted by molar-refractivity contribution is 5.92. The molecule has 112 valence electrons. The van der Waals surface area contributed by atoms with Crippen LogP contribution in [0.2, 0.25) is 0 Å². The first-order valence-corrected chi connectivity index (χ1v) is 7.08. The maximum atomic E-state index is 11.6. The predicted octanol–water partition coefficient (Wildman–Crippen LogP) is 1.63. The van der Waals surface area contributed by atoms with Crippen LogP contribution in [0.25, 0.3) is 10.9 Å². The number of aromatic nitrogens is 2. The minimum absolute atomic E-state index is 0.0525. The summed E-state index contributed by atoms with van der Waals surface area (Å²) in [6, 6.07) is 7.81. The highest BCUT2D eigenvalue weighted by Gasteiger charge is 2.13. The summed E-state index contributed by atoms with van der Waals surface area (Å²) in [7, 11) is 3.48. The van der Waals surface area contributed by atoms with E-state index in [1.54, 1.807) is 7.05 Å². The quantitative estimate of drug-likeness (QED) is 0.845. The summed E-state index contributed by atoms with van der Waals surface area (Å²) in [5, 5.41) is 6.76. The number of para-hydroxylation sites is 1. The third kappa shape index (κ3) is 3.59. The Balaban J connectivity index is 2.41. The first-order chi connectivity index (χ1) is 10.2. The number of hydrogen-bond donors (Lipinski definition) is 2. The molecule has 0 bridgehead atoms. The van der Waals surface area contributed by atoms with E-state index in [4.69, 9.17) is 0 Å². The van der Waals surface area contributed by atoms with Gasteiger partial charge in [0.15, 0.2) is 0 Å². The minimum Gasteiger partial charge on any atom is -0.358 e. The molecule has 0 fully saturated rings. The minimum atomic E-state index is -0.0525. The largest absolute Gasteiger partial charge is 0.358 e. The average molecular weight is 287 g/mol.